The van der Waals surface area contributed by atoms with Crippen LogP contribution in [-0.2, 0) is 4.79 Å². The molecule has 0 saturated carbocycles. The van der Waals surface area contributed by atoms with E-state index in [1.165, 1.54) is 60.0 Å². The number of quaternary nitrogens is 1. The van der Waals surface area contributed by atoms with Crippen LogP contribution in [0.4, 0.5) is 0 Å². The number of amides is 1. The minimum Gasteiger partial charge on any atom is -0.355 e. The Hall–Kier alpha value is -1.35. The second kappa shape index (κ2) is 11.7. The Kier molecular flexibility index (Phi) is 9.68. The fourth-order valence-corrected chi connectivity index (χ4v) is 5.14. The summed E-state index contributed by atoms with van der Waals surface area (Å²) < 4.78 is 1.25. The number of hydrogen-bond acceptors (Lipinski definition) is 1. The van der Waals surface area contributed by atoms with E-state index in [2.05, 4.69) is 58.3 Å². The maximum absolute atomic E-state index is 12.3. The van der Waals surface area contributed by atoms with Gasteiger partial charge in [-0.05, 0) is 66.2 Å². The van der Waals surface area contributed by atoms with Crippen molar-refractivity contribution in [3.63, 3.8) is 0 Å². The first-order valence-corrected chi connectivity index (χ1v) is 11.9. The third-order valence-electron chi connectivity index (χ3n) is 7.09. The minimum atomic E-state index is 0.190. The molecule has 29 heavy (non-hydrogen) atoms. The molecule has 164 valence electrons. The molecule has 2 rings (SSSR count). The van der Waals surface area contributed by atoms with Crippen LogP contribution < -0.4 is 5.32 Å². The molecule has 0 aromatic heterocycles. The second-order valence-electron chi connectivity index (χ2n) is 10.0. The number of carbonyl (C=O) groups excluding carboxylic acids is 1. The van der Waals surface area contributed by atoms with Crippen molar-refractivity contribution in [2.24, 2.45) is 5.92 Å². The normalized spacial score (nSPS) is 27.5. The standard InChI is InChI=1S/C26H44N2O/c1-21(2)10-8-11-22(3)12-9-13-23(4)15-16-26(29)27-20-24-17-19-28(5)18-7-6-14-25(24)28/h10,12,15,24-25H,6-9,11,13-14,16-20H2,1-5H3/p+1/b22-12+,23-15+/t24-,25+,28-/m0/s1. The van der Waals surface area contributed by atoms with Crippen molar-refractivity contribution in [2.45, 2.75) is 91.5 Å². The van der Waals surface area contributed by atoms with Gasteiger partial charge in [0.05, 0.1) is 26.2 Å². The Bertz CT molecular complexity index is 627. The van der Waals surface area contributed by atoms with Crippen LogP contribution >= 0.6 is 0 Å². The summed E-state index contributed by atoms with van der Waals surface area (Å²) >= 11 is 0. The molecule has 0 radical (unpaired) electrons. The topological polar surface area (TPSA) is 29.1 Å². The smallest absolute Gasteiger partial charge is 0.223 e. The number of nitrogens with one attached hydrogen (secondary N) is 1. The third kappa shape index (κ3) is 8.12. The lowest BCUT2D eigenvalue weighted by molar-refractivity contribution is -0.927. The van der Waals surface area contributed by atoms with E-state index in [4.69, 9.17) is 0 Å². The Morgan fingerprint density at radius 1 is 0.931 bits per heavy atom. The molecule has 3 heteroatoms. The summed E-state index contributed by atoms with van der Waals surface area (Å²) in [4.78, 5) is 12.3. The molecule has 2 fully saturated rings. The molecule has 2 aliphatic heterocycles. The van der Waals surface area contributed by atoms with Crippen molar-refractivity contribution in [2.75, 3.05) is 26.7 Å². The highest BCUT2D eigenvalue weighted by Crippen LogP contribution is 2.36. The summed E-state index contributed by atoms with van der Waals surface area (Å²) in [6.07, 6.45) is 17.1. The van der Waals surface area contributed by atoms with Crippen LogP contribution in [0.2, 0.25) is 0 Å². The molecule has 3 atom stereocenters. The highest BCUT2D eigenvalue weighted by molar-refractivity contribution is 5.77. The van der Waals surface area contributed by atoms with Gasteiger partial charge in [-0.2, -0.15) is 0 Å². The summed E-state index contributed by atoms with van der Waals surface area (Å²) in [5, 5.41) is 3.23. The quantitative estimate of drug-likeness (QED) is 0.357. The van der Waals surface area contributed by atoms with Gasteiger partial charge in [-0.3, -0.25) is 4.79 Å². The fraction of sp³-hybridized carbons (Fsp3) is 0.731. The number of allylic oxidation sites excluding steroid dienone is 5. The Morgan fingerprint density at radius 2 is 1.62 bits per heavy atom. The highest BCUT2D eigenvalue weighted by Gasteiger charge is 2.46. The molecule has 0 bridgehead atoms. The predicted molar refractivity (Wildman–Crippen MR) is 125 cm³/mol. The van der Waals surface area contributed by atoms with Crippen LogP contribution in [0.3, 0.4) is 0 Å². The number of hydrogen-bond donors (Lipinski definition) is 1. The molecular weight excluding hydrogens is 356 g/mol. The van der Waals surface area contributed by atoms with Crippen molar-refractivity contribution >= 4 is 5.91 Å². The van der Waals surface area contributed by atoms with E-state index in [-0.39, 0.29) is 5.91 Å². The van der Waals surface area contributed by atoms with E-state index in [0.29, 0.717) is 12.3 Å². The van der Waals surface area contributed by atoms with Gasteiger partial charge in [-0.15, -0.1) is 0 Å². The summed E-state index contributed by atoms with van der Waals surface area (Å²) in [5.41, 5.74) is 4.19. The van der Waals surface area contributed by atoms with Crippen LogP contribution in [0.5, 0.6) is 0 Å². The van der Waals surface area contributed by atoms with Crippen molar-refractivity contribution in [3.8, 4) is 0 Å². The molecular formula is C26H45N2O+. The average molecular weight is 402 g/mol. The minimum absolute atomic E-state index is 0.190. The largest absolute Gasteiger partial charge is 0.355 e. The first-order valence-electron chi connectivity index (χ1n) is 11.9. The van der Waals surface area contributed by atoms with Crippen LogP contribution in [-0.4, -0.2) is 43.1 Å². The number of rotatable bonds is 10. The predicted octanol–water partition coefficient (Wildman–Crippen LogP) is 5.93. The van der Waals surface area contributed by atoms with E-state index >= 15 is 0 Å². The monoisotopic (exact) mass is 401 g/mol. The Morgan fingerprint density at radius 3 is 2.34 bits per heavy atom. The van der Waals surface area contributed by atoms with E-state index in [0.717, 1.165) is 38.3 Å². The summed E-state index contributed by atoms with van der Waals surface area (Å²) in [6.45, 7) is 12.2. The number of fused-ring (bicyclic) bond motifs is 1. The first kappa shape index (κ1) is 23.9. The number of piperidine rings is 1. The lowest BCUT2D eigenvalue weighted by Crippen LogP contribution is -2.53. The van der Waals surface area contributed by atoms with Gasteiger partial charge in [0.15, 0.2) is 0 Å². The molecule has 0 unspecified atom stereocenters. The van der Waals surface area contributed by atoms with Gasteiger partial charge in [0.25, 0.3) is 0 Å². The van der Waals surface area contributed by atoms with Crippen LogP contribution in [0.1, 0.15) is 85.5 Å². The van der Waals surface area contributed by atoms with Crippen molar-refractivity contribution in [3.05, 3.63) is 34.9 Å². The number of nitrogens with zero attached hydrogens (tertiary/aromatic N) is 1. The molecule has 0 aromatic carbocycles. The van der Waals surface area contributed by atoms with Gasteiger partial charge in [0, 0.05) is 31.7 Å². The zero-order valence-corrected chi connectivity index (χ0v) is 19.7. The molecule has 2 heterocycles. The van der Waals surface area contributed by atoms with Crippen molar-refractivity contribution < 1.29 is 9.28 Å². The molecule has 1 N–H and O–H groups in total. The maximum atomic E-state index is 12.3. The SMILES string of the molecule is CC(C)=CCC/C(C)=C/CC/C(C)=C/CC(=O)NC[C@@H]1CC[N@+]2(C)CCCC[C@H]12. The summed E-state index contributed by atoms with van der Waals surface area (Å²) in [6, 6.07) is 0.771. The van der Waals surface area contributed by atoms with Gasteiger partial charge < -0.3 is 9.80 Å². The zero-order chi connectivity index (χ0) is 21.3. The van der Waals surface area contributed by atoms with Gasteiger partial charge in [0.2, 0.25) is 5.91 Å². The van der Waals surface area contributed by atoms with Gasteiger partial charge in [-0.25, -0.2) is 0 Å². The molecule has 0 aromatic rings. The van der Waals surface area contributed by atoms with Crippen LogP contribution in [0, 0.1) is 5.92 Å². The van der Waals surface area contributed by atoms with E-state index < -0.39 is 0 Å². The molecule has 0 aliphatic carbocycles. The van der Waals surface area contributed by atoms with Crippen molar-refractivity contribution in [1.29, 1.82) is 0 Å². The first-order chi connectivity index (χ1) is 13.8. The van der Waals surface area contributed by atoms with Crippen LogP contribution in [0.25, 0.3) is 0 Å². The molecule has 0 spiro atoms. The van der Waals surface area contributed by atoms with E-state index in [1.807, 2.05) is 0 Å². The van der Waals surface area contributed by atoms with Crippen molar-refractivity contribution in [1.82, 2.24) is 5.32 Å². The van der Waals surface area contributed by atoms with E-state index in [9.17, 15) is 4.79 Å². The zero-order valence-electron chi connectivity index (χ0n) is 19.7. The summed E-state index contributed by atoms with van der Waals surface area (Å²) in [5.74, 6) is 0.864. The highest BCUT2D eigenvalue weighted by atomic mass is 16.1. The average Bonchev–Trinajstić information content (AvgIpc) is 3.01. The van der Waals surface area contributed by atoms with Gasteiger partial charge in [-0.1, -0.05) is 34.9 Å². The van der Waals surface area contributed by atoms with Crippen LogP contribution in [0.15, 0.2) is 34.9 Å². The number of carbonyl (C=O) groups is 1. The maximum Gasteiger partial charge on any atom is 0.223 e. The van der Waals surface area contributed by atoms with Gasteiger partial charge in [0.1, 0.15) is 0 Å². The second-order valence-corrected chi connectivity index (χ2v) is 10.0. The Balaban J connectivity index is 1.65. The fourth-order valence-electron chi connectivity index (χ4n) is 5.14. The molecule has 3 nitrogen and oxygen atoms in total. The third-order valence-corrected chi connectivity index (χ3v) is 7.09. The summed E-state index contributed by atoms with van der Waals surface area (Å²) in [7, 11) is 2.43. The van der Waals surface area contributed by atoms with E-state index in [1.54, 1.807) is 0 Å². The molecule has 2 saturated heterocycles. The molecule has 1 amide bonds. The molecule has 2 aliphatic rings. The lowest BCUT2D eigenvalue weighted by atomic mass is 9.92. The van der Waals surface area contributed by atoms with Gasteiger partial charge >= 0.3 is 0 Å². The lowest BCUT2D eigenvalue weighted by Gasteiger charge is -2.41. The Labute approximate surface area is 179 Å².